The van der Waals surface area contributed by atoms with Crippen molar-refractivity contribution in [3.8, 4) is 0 Å². The molecule has 0 radical (unpaired) electrons. The Balaban J connectivity index is 2.15. The SMILES string of the molecule is Brc1cccc2c(C3CCNC3)noc12. The van der Waals surface area contributed by atoms with Gasteiger partial charge in [-0.15, -0.1) is 0 Å². The van der Waals surface area contributed by atoms with Crippen molar-refractivity contribution in [1.29, 1.82) is 0 Å². The van der Waals surface area contributed by atoms with Crippen molar-refractivity contribution >= 4 is 26.9 Å². The first-order valence-electron chi connectivity index (χ1n) is 5.11. The molecular formula is C11H11BrN2O. The van der Waals surface area contributed by atoms with Gasteiger partial charge in [0.1, 0.15) is 0 Å². The lowest BCUT2D eigenvalue weighted by Crippen LogP contribution is -2.08. The molecular weight excluding hydrogens is 256 g/mol. The predicted octanol–water partition coefficient (Wildman–Crippen LogP) is 2.67. The summed E-state index contributed by atoms with van der Waals surface area (Å²) < 4.78 is 6.34. The van der Waals surface area contributed by atoms with Crippen molar-refractivity contribution in [2.75, 3.05) is 13.1 Å². The van der Waals surface area contributed by atoms with E-state index in [1.807, 2.05) is 12.1 Å². The Labute approximate surface area is 95.9 Å². The Morgan fingerprint density at radius 2 is 2.40 bits per heavy atom. The van der Waals surface area contributed by atoms with E-state index in [0.29, 0.717) is 5.92 Å². The van der Waals surface area contributed by atoms with Gasteiger partial charge in [-0.25, -0.2) is 0 Å². The highest BCUT2D eigenvalue weighted by Crippen LogP contribution is 2.32. The molecule has 1 unspecified atom stereocenters. The molecule has 1 saturated heterocycles. The van der Waals surface area contributed by atoms with Crippen LogP contribution in [0.2, 0.25) is 0 Å². The van der Waals surface area contributed by atoms with Crippen molar-refractivity contribution < 1.29 is 4.52 Å². The highest BCUT2D eigenvalue weighted by Gasteiger charge is 2.23. The van der Waals surface area contributed by atoms with Gasteiger partial charge < -0.3 is 9.84 Å². The molecule has 2 aromatic rings. The van der Waals surface area contributed by atoms with Crippen molar-refractivity contribution in [2.45, 2.75) is 12.3 Å². The van der Waals surface area contributed by atoms with Gasteiger partial charge in [-0.2, -0.15) is 0 Å². The van der Waals surface area contributed by atoms with Crippen LogP contribution >= 0.6 is 15.9 Å². The van der Waals surface area contributed by atoms with Gasteiger partial charge in [0.25, 0.3) is 0 Å². The zero-order valence-corrected chi connectivity index (χ0v) is 9.75. The molecule has 1 aromatic carbocycles. The number of hydrogen-bond acceptors (Lipinski definition) is 3. The number of nitrogens with zero attached hydrogens (tertiary/aromatic N) is 1. The third kappa shape index (κ3) is 1.48. The molecule has 1 N–H and O–H groups in total. The zero-order chi connectivity index (χ0) is 10.3. The van der Waals surface area contributed by atoms with E-state index in [1.54, 1.807) is 0 Å². The molecule has 1 fully saturated rings. The van der Waals surface area contributed by atoms with E-state index in [0.717, 1.165) is 40.6 Å². The van der Waals surface area contributed by atoms with Crippen LogP contribution < -0.4 is 5.32 Å². The number of nitrogens with one attached hydrogen (secondary N) is 1. The lowest BCUT2D eigenvalue weighted by Gasteiger charge is -2.02. The quantitative estimate of drug-likeness (QED) is 0.863. The van der Waals surface area contributed by atoms with Gasteiger partial charge in [-0.05, 0) is 41.0 Å². The highest BCUT2D eigenvalue weighted by molar-refractivity contribution is 9.10. The Morgan fingerprint density at radius 3 is 3.20 bits per heavy atom. The number of fused-ring (bicyclic) bond motifs is 1. The Morgan fingerprint density at radius 1 is 1.47 bits per heavy atom. The molecule has 3 nitrogen and oxygen atoms in total. The molecule has 3 rings (SSSR count). The Hall–Kier alpha value is -0.870. The van der Waals surface area contributed by atoms with Gasteiger partial charge in [-0.3, -0.25) is 0 Å². The third-order valence-corrected chi connectivity index (χ3v) is 3.55. The Kier molecular flexibility index (Phi) is 2.25. The van der Waals surface area contributed by atoms with Crippen LogP contribution in [0.15, 0.2) is 27.2 Å². The van der Waals surface area contributed by atoms with Gasteiger partial charge in [0.15, 0.2) is 5.58 Å². The summed E-state index contributed by atoms with van der Waals surface area (Å²) in [6, 6.07) is 6.07. The van der Waals surface area contributed by atoms with Crippen LogP contribution in [-0.2, 0) is 0 Å². The van der Waals surface area contributed by atoms with E-state index >= 15 is 0 Å². The fourth-order valence-electron chi connectivity index (χ4n) is 2.13. The van der Waals surface area contributed by atoms with Crippen LogP contribution in [0.25, 0.3) is 11.0 Å². The average Bonchev–Trinajstić information content (AvgIpc) is 2.85. The molecule has 1 aromatic heterocycles. The minimum atomic E-state index is 0.501. The van der Waals surface area contributed by atoms with Gasteiger partial charge in [-0.1, -0.05) is 11.2 Å². The largest absolute Gasteiger partial charge is 0.355 e. The van der Waals surface area contributed by atoms with Gasteiger partial charge >= 0.3 is 0 Å². The smallest absolute Gasteiger partial charge is 0.181 e. The van der Waals surface area contributed by atoms with Gasteiger partial charge in [0.05, 0.1) is 10.2 Å². The normalized spacial score (nSPS) is 21.3. The summed E-state index contributed by atoms with van der Waals surface area (Å²) in [5.41, 5.74) is 1.95. The maximum atomic E-state index is 5.37. The fraction of sp³-hybridized carbons (Fsp3) is 0.364. The van der Waals surface area contributed by atoms with Crippen molar-refractivity contribution in [3.05, 3.63) is 28.4 Å². The summed E-state index contributed by atoms with van der Waals surface area (Å²) in [6.45, 7) is 2.08. The summed E-state index contributed by atoms with van der Waals surface area (Å²) in [5.74, 6) is 0.501. The number of rotatable bonds is 1. The summed E-state index contributed by atoms with van der Waals surface area (Å²) in [5, 5.41) is 8.68. The molecule has 15 heavy (non-hydrogen) atoms. The molecule has 0 amide bonds. The van der Waals surface area contributed by atoms with Crippen molar-refractivity contribution in [3.63, 3.8) is 0 Å². The van der Waals surface area contributed by atoms with E-state index in [9.17, 15) is 0 Å². The summed E-state index contributed by atoms with van der Waals surface area (Å²) in [7, 11) is 0. The Bertz CT molecular complexity index is 488. The van der Waals surface area contributed by atoms with Crippen LogP contribution in [0.5, 0.6) is 0 Å². The topological polar surface area (TPSA) is 38.1 Å². The number of benzene rings is 1. The third-order valence-electron chi connectivity index (χ3n) is 2.93. The second kappa shape index (κ2) is 3.61. The monoisotopic (exact) mass is 266 g/mol. The van der Waals surface area contributed by atoms with E-state index in [-0.39, 0.29) is 0 Å². The predicted molar refractivity (Wildman–Crippen MR) is 61.9 cm³/mol. The van der Waals surface area contributed by atoms with Crippen molar-refractivity contribution in [2.24, 2.45) is 0 Å². The van der Waals surface area contributed by atoms with E-state index < -0.39 is 0 Å². The van der Waals surface area contributed by atoms with Gasteiger partial charge in [0.2, 0.25) is 0 Å². The second-order valence-corrected chi connectivity index (χ2v) is 4.73. The lowest BCUT2D eigenvalue weighted by molar-refractivity contribution is 0.438. The van der Waals surface area contributed by atoms with E-state index in [2.05, 4.69) is 32.5 Å². The van der Waals surface area contributed by atoms with E-state index in [1.165, 1.54) is 0 Å². The molecule has 1 aliphatic rings. The molecule has 0 bridgehead atoms. The summed E-state index contributed by atoms with van der Waals surface area (Å²) in [6.07, 6.45) is 1.15. The second-order valence-electron chi connectivity index (χ2n) is 3.87. The molecule has 0 spiro atoms. The minimum absolute atomic E-state index is 0.501. The fourth-order valence-corrected chi connectivity index (χ4v) is 2.57. The maximum Gasteiger partial charge on any atom is 0.181 e. The number of para-hydroxylation sites is 1. The average molecular weight is 267 g/mol. The van der Waals surface area contributed by atoms with Crippen LogP contribution in [-0.4, -0.2) is 18.2 Å². The van der Waals surface area contributed by atoms with Crippen LogP contribution in [0.1, 0.15) is 18.0 Å². The molecule has 0 aliphatic carbocycles. The molecule has 2 heterocycles. The first kappa shape index (κ1) is 9.36. The maximum absolute atomic E-state index is 5.37. The van der Waals surface area contributed by atoms with Crippen molar-refractivity contribution in [1.82, 2.24) is 10.5 Å². The van der Waals surface area contributed by atoms with Gasteiger partial charge in [0, 0.05) is 17.8 Å². The van der Waals surface area contributed by atoms with Crippen LogP contribution in [0, 0.1) is 0 Å². The number of hydrogen-bond donors (Lipinski definition) is 1. The highest BCUT2D eigenvalue weighted by atomic mass is 79.9. The molecule has 4 heteroatoms. The molecule has 78 valence electrons. The molecule has 0 saturated carbocycles. The summed E-state index contributed by atoms with van der Waals surface area (Å²) >= 11 is 3.47. The van der Waals surface area contributed by atoms with E-state index in [4.69, 9.17) is 4.52 Å². The standard InChI is InChI=1S/C11H11BrN2O/c12-9-3-1-2-8-10(14-15-11(8)9)7-4-5-13-6-7/h1-3,7,13H,4-6H2. The molecule has 1 aliphatic heterocycles. The summed E-state index contributed by atoms with van der Waals surface area (Å²) in [4.78, 5) is 0. The first-order chi connectivity index (χ1) is 7.36. The first-order valence-corrected chi connectivity index (χ1v) is 5.90. The number of aromatic nitrogens is 1. The number of halogens is 1. The van der Waals surface area contributed by atoms with Crippen LogP contribution in [0.4, 0.5) is 0 Å². The molecule has 1 atom stereocenters. The van der Waals surface area contributed by atoms with Crippen LogP contribution in [0.3, 0.4) is 0 Å². The lowest BCUT2D eigenvalue weighted by atomic mass is 10.0. The minimum Gasteiger partial charge on any atom is -0.355 e. The zero-order valence-electron chi connectivity index (χ0n) is 8.16.